The fourth-order valence-electron chi connectivity index (χ4n) is 3.04. The van der Waals surface area contributed by atoms with Gasteiger partial charge >= 0.3 is 5.97 Å². The molecule has 1 heterocycles. The van der Waals surface area contributed by atoms with Crippen molar-refractivity contribution in [1.82, 2.24) is 0 Å². The second kappa shape index (κ2) is 8.15. The van der Waals surface area contributed by atoms with Gasteiger partial charge in [0, 0.05) is 5.56 Å². The first-order valence-corrected chi connectivity index (χ1v) is 9.53. The third-order valence-electron chi connectivity index (χ3n) is 4.41. The van der Waals surface area contributed by atoms with Gasteiger partial charge in [-0.2, -0.15) is 0 Å². The van der Waals surface area contributed by atoms with Gasteiger partial charge in [-0.1, -0.05) is 54.6 Å². The van der Waals surface area contributed by atoms with Crippen LogP contribution in [0.15, 0.2) is 89.6 Å². The highest BCUT2D eigenvalue weighted by Gasteiger charge is 2.24. The normalized spacial score (nSPS) is 14.8. The number of nitrogens with zero attached hydrogens (tertiary/aromatic N) is 1. The van der Waals surface area contributed by atoms with Gasteiger partial charge in [0.25, 0.3) is 0 Å². The van der Waals surface area contributed by atoms with Gasteiger partial charge in [0.1, 0.15) is 5.75 Å². The maximum atomic E-state index is 12.2. The summed E-state index contributed by atoms with van der Waals surface area (Å²) in [5.74, 6) is 0.661. The van der Waals surface area contributed by atoms with Gasteiger partial charge < -0.3 is 9.47 Å². The molecule has 4 nitrogen and oxygen atoms in total. The molecule has 0 unspecified atom stereocenters. The number of hydrogen-bond acceptors (Lipinski definition) is 4. The van der Waals surface area contributed by atoms with E-state index in [0.717, 1.165) is 28.0 Å². The molecule has 0 atom stereocenters. The van der Waals surface area contributed by atoms with E-state index in [1.165, 1.54) is 0 Å². The van der Waals surface area contributed by atoms with Crippen LogP contribution in [0.2, 0.25) is 0 Å². The van der Waals surface area contributed by atoms with Crippen LogP contribution >= 0.6 is 0 Å². The minimum absolute atomic E-state index is 0.115. The molecule has 0 bridgehead atoms. The summed E-state index contributed by atoms with van der Waals surface area (Å²) in [7, 11) is 0. The Labute approximate surface area is 170 Å². The van der Waals surface area contributed by atoms with Gasteiger partial charge in [-0.15, -0.1) is 0 Å². The van der Waals surface area contributed by atoms with E-state index in [1.54, 1.807) is 6.08 Å². The van der Waals surface area contributed by atoms with Crippen LogP contribution in [0, 0.1) is 0 Å². The Morgan fingerprint density at radius 1 is 0.828 bits per heavy atom. The van der Waals surface area contributed by atoms with E-state index in [2.05, 4.69) is 17.1 Å². The fraction of sp³-hybridized carbons (Fsp3) is 0.120. The third kappa shape index (κ3) is 4.43. The van der Waals surface area contributed by atoms with Gasteiger partial charge in [0.15, 0.2) is 5.70 Å². The van der Waals surface area contributed by atoms with E-state index in [1.807, 2.05) is 80.6 Å². The van der Waals surface area contributed by atoms with Gasteiger partial charge in [0.2, 0.25) is 5.90 Å². The van der Waals surface area contributed by atoms with Crippen LogP contribution in [0.1, 0.15) is 25.0 Å². The number of rotatable bonds is 5. The number of carbonyl (C=O) groups excluding carboxylic acids is 1. The number of ether oxygens (including phenoxy) is 2. The SMILES string of the molecule is CC(C)Oc1ccc(/C=C2\N=C(c3ccc(-c4ccccc4)cc3)OC2=O)cc1. The van der Waals surface area contributed by atoms with Crippen molar-refractivity contribution < 1.29 is 14.3 Å². The highest BCUT2D eigenvalue weighted by Crippen LogP contribution is 2.23. The smallest absolute Gasteiger partial charge is 0.363 e. The van der Waals surface area contributed by atoms with Crippen LogP contribution < -0.4 is 4.74 Å². The predicted molar refractivity (Wildman–Crippen MR) is 115 cm³/mol. The minimum Gasteiger partial charge on any atom is -0.491 e. The number of esters is 1. The van der Waals surface area contributed by atoms with Gasteiger partial charge in [-0.3, -0.25) is 0 Å². The molecule has 0 saturated carbocycles. The molecule has 144 valence electrons. The fourth-order valence-corrected chi connectivity index (χ4v) is 3.04. The molecule has 1 aliphatic rings. The molecule has 3 aromatic rings. The Morgan fingerprint density at radius 3 is 2.10 bits per heavy atom. The van der Waals surface area contributed by atoms with Crippen molar-refractivity contribution in [2.45, 2.75) is 20.0 Å². The quantitative estimate of drug-likeness (QED) is 0.433. The van der Waals surface area contributed by atoms with Gasteiger partial charge in [0.05, 0.1) is 6.10 Å². The summed E-state index contributed by atoms with van der Waals surface area (Å²) < 4.78 is 11.0. The van der Waals surface area contributed by atoms with E-state index in [-0.39, 0.29) is 11.8 Å². The maximum Gasteiger partial charge on any atom is 0.363 e. The standard InChI is InChI=1S/C25H21NO3/c1-17(2)28-22-14-8-18(9-15-22)16-23-25(27)29-24(26-23)21-12-10-20(11-13-21)19-6-4-3-5-7-19/h3-17H,1-2H3/b23-16-. The monoisotopic (exact) mass is 383 g/mol. The van der Waals surface area contributed by atoms with E-state index in [0.29, 0.717) is 5.90 Å². The maximum absolute atomic E-state index is 12.2. The lowest BCUT2D eigenvalue weighted by atomic mass is 10.0. The Hall–Kier alpha value is -3.66. The molecular formula is C25H21NO3. The summed E-state index contributed by atoms with van der Waals surface area (Å²) in [4.78, 5) is 16.6. The van der Waals surface area contributed by atoms with E-state index < -0.39 is 5.97 Å². The highest BCUT2D eigenvalue weighted by molar-refractivity contribution is 6.12. The Balaban J connectivity index is 1.53. The zero-order chi connectivity index (χ0) is 20.2. The van der Waals surface area contributed by atoms with Crippen molar-refractivity contribution in [3.05, 3.63) is 95.7 Å². The number of aliphatic imine (C=N–C) groups is 1. The molecule has 0 radical (unpaired) electrons. The van der Waals surface area contributed by atoms with Crippen LogP contribution in [0.3, 0.4) is 0 Å². The average molecular weight is 383 g/mol. The summed E-state index contributed by atoms with van der Waals surface area (Å²) >= 11 is 0. The molecule has 0 spiro atoms. The molecule has 0 N–H and O–H groups in total. The molecule has 0 saturated heterocycles. The Morgan fingerprint density at radius 2 is 1.45 bits per heavy atom. The molecule has 0 aromatic heterocycles. The molecule has 3 aromatic carbocycles. The molecule has 4 rings (SSSR count). The van der Waals surface area contributed by atoms with Crippen LogP contribution in [0.5, 0.6) is 5.75 Å². The summed E-state index contributed by atoms with van der Waals surface area (Å²) in [6, 6.07) is 25.5. The van der Waals surface area contributed by atoms with Crippen molar-refractivity contribution in [1.29, 1.82) is 0 Å². The second-order valence-corrected chi connectivity index (χ2v) is 7.02. The third-order valence-corrected chi connectivity index (χ3v) is 4.41. The van der Waals surface area contributed by atoms with Gasteiger partial charge in [-0.25, -0.2) is 9.79 Å². The van der Waals surface area contributed by atoms with Crippen molar-refractivity contribution >= 4 is 17.9 Å². The zero-order valence-electron chi connectivity index (χ0n) is 16.3. The molecule has 4 heteroatoms. The average Bonchev–Trinajstić information content (AvgIpc) is 3.10. The molecule has 0 amide bonds. The van der Waals surface area contributed by atoms with Crippen molar-refractivity contribution in [3.63, 3.8) is 0 Å². The topological polar surface area (TPSA) is 47.9 Å². The zero-order valence-corrected chi connectivity index (χ0v) is 16.3. The summed E-state index contributed by atoms with van der Waals surface area (Å²) in [6.07, 6.45) is 1.83. The first-order valence-electron chi connectivity index (χ1n) is 9.53. The van der Waals surface area contributed by atoms with E-state index in [4.69, 9.17) is 9.47 Å². The lowest BCUT2D eigenvalue weighted by molar-refractivity contribution is -0.129. The Bertz CT molecular complexity index is 1060. The van der Waals surface area contributed by atoms with Crippen LogP contribution in [-0.4, -0.2) is 18.0 Å². The number of carbonyl (C=O) groups is 1. The number of cyclic esters (lactones) is 1. The highest BCUT2D eigenvalue weighted by atomic mass is 16.6. The Kier molecular flexibility index (Phi) is 5.25. The first-order chi connectivity index (χ1) is 14.1. The first kappa shape index (κ1) is 18.7. The van der Waals surface area contributed by atoms with Crippen LogP contribution in [0.25, 0.3) is 17.2 Å². The van der Waals surface area contributed by atoms with Crippen LogP contribution in [-0.2, 0) is 9.53 Å². The summed E-state index contributed by atoms with van der Waals surface area (Å²) in [6.45, 7) is 3.96. The van der Waals surface area contributed by atoms with E-state index >= 15 is 0 Å². The predicted octanol–water partition coefficient (Wildman–Crippen LogP) is 5.49. The lowest BCUT2D eigenvalue weighted by Gasteiger charge is -2.09. The summed E-state index contributed by atoms with van der Waals surface area (Å²) in [5.41, 5.74) is 4.14. The molecule has 0 fully saturated rings. The number of benzene rings is 3. The van der Waals surface area contributed by atoms with E-state index in [9.17, 15) is 4.79 Å². The van der Waals surface area contributed by atoms with Crippen LogP contribution in [0.4, 0.5) is 0 Å². The van der Waals surface area contributed by atoms with Gasteiger partial charge in [-0.05, 0) is 60.9 Å². The molecular weight excluding hydrogens is 362 g/mol. The largest absolute Gasteiger partial charge is 0.491 e. The van der Waals surface area contributed by atoms with Crippen molar-refractivity contribution in [2.75, 3.05) is 0 Å². The molecule has 0 aliphatic carbocycles. The van der Waals surface area contributed by atoms with Crippen molar-refractivity contribution in [2.24, 2.45) is 4.99 Å². The number of hydrogen-bond donors (Lipinski definition) is 0. The van der Waals surface area contributed by atoms with Crippen molar-refractivity contribution in [3.8, 4) is 16.9 Å². The second-order valence-electron chi connectivity index (χ2n) is 7.02. The lowest BCUT2D eigenvalue weighted by Crippen LogP contribution is -2.05. The molecule has 1 aliphatic heterocycles. The minimum atomic E-state index is -0.449. The molecule has 29 heavy (non-hydrogen) atoms. The summed E-state index contributed by atoms with van der Waals surface area (Å²) in [5, 5.41) is 0.